The Labute approximate surface area is 854 Å². The summed E-state index contributed by atoms with van der Waals surface area (Å²) in [6.45, 7) is 59.6. The lowest BCUT2D eigenvalue weighted by Crippen LogP contribution is -2.33. The molecule has 0 saturated carbocycles. The van der Waals surface area contributed by atoms with Crippen molar-refractivity contribution in [3.05, 3.63) is 303 Å². The fourth-order valence-electron chi connectivity index (χ4n) is 16.3. The lowest BCUT2D eigenvalue weighted by atomic mass is 9.84. The maximum atomic E-state index is 11.7. The molecule has 0 bridgehead atoms. The standard InChI is InChI=1S/2C21H29NO3.C17H24N4O2.C16H24N2O.2C16H21NO.C14H21N/c1-15(2)17-11-10-16(18(14-17)19-9-7-13-24-19)8-6-12-22-20(23)25-21(3,4)5;1-15(2)17-12-16(13-18(14-17)19-9-7-11-24-19)8-6-10-22-20(23)25-21(3,4)5;1-12(2)13-7-6-8-15(9-13)21-11-14(19-20-21)10-18-16(22)23-17(3,4)5;1-16(2,3)14-6-4-5-12(9-14)13-7-8-18(10-13)11-15(17)19;1-12(2)14-8-7-13(5-3-9-17)15(11-14)16-6-4-10-18-16;1-12(2)14-9-13(5-3-7-17)10-15(11-14)16-6-4-8-18-16;1-14(2,3)13-6-4-5-11(9-13)12-7-8-15-10-12/h7,9-11,13-15H,6,8,12H2,1-5H3,(H,22,23);7,9,11-15H,6,8,10H2,1-5H3,(H,22,23);6-9,11-12H,10H2,1-5H3,(H,18,22);4-6,9,13H,7-8,10-11H2,1-3H3,(H2,17,19);4,6-8,10-12H,3,5,9,17H2,1-2H3;4,6,8-12H,3,5,7,17H2,1-2H3;4-6,9,12,15H,7-8,10H2,1-3H3. The first-order chi connectivity index (χ1) is 67.6. The highest BCUT2D eigenvalue weighted by atomic mass is 16.6. The largest absolute Gasteiger partial charge is 0.464 e. The number of benzene rings is 7. The van der Waals surface area contributed by atoms with Gasteiger partial charge in [0.15, 0.2) is 0 Å². The van der Waals surface area contributed by atoms with Crippen molar-refractivity contribution in [2.24, 2.45) is 17.2 Å². The number of primary amides is 1. The zero-order valence-corrected chi connectivity index (χ0v) is 90.6. The van der Waals surface area contributed by atoms with Crippen molar-refractivity contribution < 1.29 is 51.1 Å². The highest BCUT2D eigenvalue weighted by Gasteiger charge is 2.28. The van der Waals surface area contributed by atoms with E-state index in [1.165, 1.54) is 96.4 Å². The summed E-state index contributed by atoms with van der Waals surface area (Å²) in [5.74, 6) is 7.11. The van der Waals surface area contributed by atoms with E-state index in [9.17, 15) is 19.2 Å². The number of nitrogens with two attached hydrogens (primary N) is 3. The summed E-state index contributed by atoms with van der Waals surface area (Å²) in [6.07, 6.45) is 17.4. The van der Waals surface area contributed by atoms with E-state index in [1.807, 2.05) is 123 Å². The normalized spacial score (nSPS) is 13.8. The molecule has 7 heterocycles. The van der Waals surface area contributed by atoms with E-state index in [0.717, 1.165) is 136 Å². The van der Waals surface area contributed by atoms with Crippen LogP contribution in [0.1, 0.15) is 331 Å². The number of hydrogen-bond acceptors (Lipinski definition) is 17. The fourth-order valence-corrected chi connectivity index (χ4v) is 16.3. The number of hydrogen-bond donors (Lipinski definition) is 7. The second kappa shape index (κ2) is 56.3. The minimum Gasteiger partial charge on any atom is -0.464 e. The van der Waals surface area contributed by atoms with Gasteiger partial charge in [0, 0.05) is 48.4 Å². The van der Waals surface area contributed by atoms with Crippen LogP contribution in [-0.4, -0.2) is 120 Å². The molecule has 2 atom stereocenters. The predicted octanol–water partition coefficient (Wildman–Crippen LogP) is 27.7. The third-order valence-electron chi connectivity index (χ3n) is 24.4. The number of ether oxygens (including phenoxy) is 3. The molecule has 143 heavy (non-hydrogen) atoms. The molecule has 2 aliphatic heterocycles. The number of nitrogens with one attached hydrogen (secondary N) is 4. The second-order valence-corrected chi connectivity index (χ2v) is 44.0. The number of aryl methyl sites for hydroxylation is 4. The van der Waals surface area contributed by atoms with Gasteiger partial charge in [-0.05, 0) is 374 Å². The predicted molar refractivity (Wildman–Crippen MR) is 585 cm³/mol. The topological polar surface area (TPSA) is 309 Å². The van der Waals surface area contributed by atoms with E-state index in [-0.39, 0.29) is 35.5 Å². The molecule has 2 aliphatic rings. The zero-order valence-electron chi connectivity index (χ0n) is 90.6. The quantitative estimate of drug-likeness (QED) is 0.0162. The van der Waals surface area contributed by atoms with Gasteiger partial charge in [0.2, 0.25) is 5.91 Å². The van der Waals surface area contributed by atoms with Gasteiger partial charge in [-0.3, -0.25) is 9.69 Å². The number of carbonyl (C=O) groups excluding carboxylic acids is 4. The van der Waals surface area contributed by atoms with Crippen LogP contribution in [0, 0.1) is 0 Å². The molecule has 10 N–H and O–H groups in total. The molecular weight excluding hydrogens is 1780 g/mol. The molecule has 22 heteroatoms. The van der Waals surface area contributed by atoms with Crippen LogP contribution in [0.5, 0.6) is 0 Å². The summed E-state index contributed by atoms with van der Waals surface area (Å²) in [5.41, 5.74) is 39.1. The van der Waals surface area contributed by atoms with Crippen molar-refractivity contribution in [1.82, 2.24) is 41.2 Å². The van der Waals surface area contributed by atoms with Gasteiger partial charge in [-0.2, -0.15) is 0 Å². The van der Waals surface area contributed by atoms with E-state index < -0.39 is 22.9 Å². The Hall–Kier alpha value is -12.1. The maximum absolute atomic E-state index is 11.7. The Kier molecular flexibility index (Phi) is 45.7. The van der Waals surface area contributed by atoms with Gasteiger partial charge in [0.05, 0.1) is 50.0 Å². The van der Waals surface area contributed by atoms with Crippen molar-refractivity contribution >= 4 is 24.2 Å². The molecular formula is C121H169N11O11. The van der Waals surface area contributed by atoms with Gasteiger partial charge in [-0.15, -0.1) is 5.10 Å². The Morgan fingerprint density at radius 1 is 0.434 bits per heavy atom. The third-order valence-corrected chi connectivity index (χ3v) is 24.4. The minimum atomic E-state index is -0.515. The molecule has 14 rings (SSSR count). The maximum Gasteiger partial charge on any atom is 0.407 e. The van der Waals surface area contributed by atoms with E-state index in [2.05, 4.69) is 281 Å². The average molecular weight is 1950 g/mol. The lowest BCUT2D eigenvalue weighted by molar-refractivity contribution is -0.118. The van der Waals surface area contributed by atoms with Crippen LogP contribution in [0.2, 0.25) is 0 Å². The molecule has 5 aromatic heterocycles. The molecule has 0 spiro atoms. The molecule has 0 radical (unpaired) electrons. The zero-order chi connectivity index (χ0) is 105. The van der Waals surface area contributed by atoms with Crippen LogP contribution < -0.4 is 38.5 Å². The molecule has 2 fully saturated rings. The Morgan fingerprint density at radius 2 is 0.846 bits per heavy atom. The first-order valence-corrected chi connectivity index (χ1v) is 51.5. The van der Waals surface area contributed by atoms with Gasteiger partial charge in [-0.1, -0.05) is 213 Å². The fraction of sp³-hybridized carbons (Fsp3) is 0.471. The van der Waals surface area contributed by atoms with Crippen LogP contribution in [-0.2, 0) is 62.1 Å². The van der Waals surface area contributed by atoms with Gasteiger partial charge >= 0.3 is 18.3 Å². The number of furan rings is 4. The Bertz CT molecular complexity index is 5770. The summed E-state index contributed by atoms with van der Waals surface area (Å²) < 4.78 is 39.6. The SMILES string of the molecule is CC(C)(C)c1cccc(C2CCN(CC(N)=O)C2)c1.CC(C)(C)c1cccc(C2CCNC2)c1.CC(C)c1cc(CCCN)cc(-c2ccco2)c1.CC(C)c1cc(CCCNC(=O)OC(C)(C)C)cc(-c2ccco2)c1.CC(C)c1ccc(CCCN)c(-c2ccco2)c1.CC(C)c1ccc(CCCNC(=O)OC(C)(C)C)c(-c2ccco2)c1.CC(C)c1cccc(-n2cc(CNC(=O)OC(C)(C)C)nn2)c1. The van der Waals surface area contributed by atoms with Crippen LogP contribution in [0.3, 0.4) is 0 Å². The monoisotopic (exact) mass is 1950 g/mol. The second-order valence-electron chi connectivity index (χ2n) is 44.0. The average Bonchev–Trinajstić information content (AvgIpc) is 1.78. The van der Waals surface area contributed by atoms with E-state index in [1.54, 1.807) is 35.9 Å². The van der Waals surface area contributed by atoms with Gasteiger partial charge in [0.1, 0.15) is 45.5 Å². The summed E-state index contributed by atoms with van der Waals surface area (Å²) in [6, 6.07) is 68.3. The number of carbonyl (C=O) groups is 4. The van der Waals surface area contributed by atoms with Crippen molar-refractivity contribution in [3.63, 3.8) is 0 Å². The van der Waals surface area contributed by atoms with E-state index >= 15 is 0 Å². The van der Waals surface area contributed by atoms with Gasteiger partial charge in [-0.25, -0.2) is 19.1 Å². The summed E-state index contributed by atoms with van der Waals surface area (Å²) in [5, 5.41) is 19.9. The Balaban J connectivity index is 0.000000205. The lowest BCUT2D eigenvalue weighted by Gasteiger charge is -2.21. The first kappa shape index (κ1) is 116. The molecule has 22 nitrogen and oxygen atoms in total. The summed E-state index contributed by atoms with van der Waals surface area (Å²) in [7, 11) is 0. The van der Waals surface area contributed by atoms with E-state index in [4.69, 9.17) is 49.1 Å². The van der Waals surface area contributed by atoms with Gasteiger partial charge < -0.3 is 70.3 Å². The number of alkyl carbamates (subject to hydrolysis) is 3. The van der Waals surface area contributed by atoms with Crippen LogP contribution >= 0.6 is 0 Å². The third kappa shape index (κ3) is 41.3. The van der Waals surface area contributed by atoms with Crippen molar-refractivity contribution in [2.45, 2.75) is 313 Å². The first-order valence-electron chi connectivity index (χ1n) is 51.5. The molecule has 0 aliphatic carbocycles. The molecule has 4 amide bonds. The number of aromatic nitrogens is 3. The van der Waals surface area contributed by atoms with Crippen molar-refractivity contribution in [2.75, 3.05) is 58.9 Å². The summed E-state index contributed by atoms with van der Waals surface area (Å²) >= 11 is 0. The molecule has 2 unspecified atom stereocenters. The highest BCUT2D eigenvalue weighted by Crippen LogP contribution is 2.37. The van der Waals surface area contributed by atoms with Crippen LogP contribution in [0.4, 0.5) is 14.4 Å². The number of amides is 4. The number of rotatable bonds is 30. The minimum absolute atomic E-state index is 0.182. The van der Waals surface area contributed by atoms with Crippen molar-refractivity contribution in [1.29, 1.82) is 0 Å². The molecule has 7 aromatic carbocycles. The smallest absolute Gasteiger partial charge is 0.407 e. The van der Waals surface area contributed by atoms with Crippen molar-refractivity contribution in [3.8, 4) is 51.0 Å². The number of nitrogens with zero attached hydrogens (tertiary/aromatic N) is 4. The van der Waals surface area contributed by atoms with Crippen LogP contribution in [0.15, 0.2) is 243 Å². The van der Waals surface area contributed by atoms with E-state index in [0.29, 0.717) is 60.8 Å². The molecule has 2 saturated heterocycles. The summed E-state index contributed by atoms with van der Waals surface area (Å²) in [4.78, 5) is 48.1. The highest BCUT2D eigenvalue weighted by molar-refractivity contribution is 5.76. The van der Waals surface area contributed by atoms with Gasteiger partial charge in [0.25, 0.3) is 0 Å². The number of likely N-dealkylation sites (tertiary alicyclic amines) is 1. The molecule has 12 aromatic rings. The Morgan fingerprint density at radius 3 is 1.26 bits per heavy atom. The molecule has 774 valence electrons. The van der Waals surface area contributed by atoms with Crippen LogP contribution in [0.25, 0.3) is 51.0 Å².